The molecule has 1 aliphatic carbocycles. The summed E-state index contributed by atoms with van der Waals surface area (Å²) in [5.41, 5.74) is 2.92. The third-order valence-electron chi connectivity index (χ3n) is 5.28. The topological polar surface area (TPSA) is 59.8 Å². The number of carbonyl (C=O) groups excluding carboxylic acids is 1. The van der Waals surface area contributed by atoms with E-state index in [4.69, 9.17) is 11.6 Å². The number of halogens is 1. The van der Waals surface area contributed by atoms with Crippen LogP contribution in [0.25, 0.3) is 0 Å². The van der Waals surface area contributed by atoms with Crippen LogP contribution in [0.4, 0.5) is 5.69 Å². The minimum atomic E-state index is -0.103. The van der Waals surface area contributed by atoms with E-state index in [1.54, 1.807) is 6.07 Å². The van der Waals surface area contributed by atoms with Crippen LogP contribution in [0.3, 0.4) is 0 Å². The monoisotopic (exact) mass is 438 g/mol. The summed E-state index contributed by atoms with van der Waals surface area (Å²) in [6.07, 6.45) is 2.91. The Balaban J connectivity index is 1.43. The maximum absolute atomic E-state index is 12.5. The van der Waals surface area contributed by atoms with Crippen LogP contribution < -0.4 is 5.32 Å². The highest BCUT2D eigenvalue weighted by Gasteiger charge is 2.43. The van der Waals surface area contributed by atoms with Crippen LogP contribution in [0.2, 0.25) is 5.02 Å². The number of amides is 1. The standard InChI is InChI=1S/C23H23ClN4OS/c1-3-12-28-22(18-13-17(18)16-8-5-4-6-9-16)26-27-23(28)30-14-21(29)25-20-11-7-10-19(24)15(20)2/h3-11,17-18H,1,12-14H2,2H3,(H,25,29). The smallest absolute Gasteiger partial charge is 0.234 e. The average molecular weight is 439 g/mol. The number of benzene rings is 2. The number of anilines is 1. The fraction of sp³-hybridized carbons (Fsp3) is 0.261. The Hall–Kier alpha value is -2.57. The van der Waals surface area contributed by atoms with Crippen molar-refractivity contribution in [1.29, 1.82) is 0 Å². The van der Waals surface area contributed by atoms with Crippen molar-refractivity contribution in [3.8, 4) is 0 Å². The summed E-state index contributed by atoms with van der Waals surface area (Å²) >= 11 is 7.52. The summed E-state index contributed by atoms with van der Waals surface area (Å²) in [6, 6.07) is 16.0. The van der Waals surface area contributed by atoms with Crippen LogP contribution in [-0.4, -0.2) is 26.4 Å². The molecule has 1 aliphatic rings. The molecule has 1 saturated carbocycles. The first-order valence-corrected chi connectivity index (χ1v) is 11.2. The van der Waals surface area contributed by atoms with Gasteiger partial charge in [0.1, 0.15) is 5.82 Å². The SMILES string of the molecule is C=CCn1c(SCC(=O)Nc2cccc(Cl)c2C)nnc1C1CC1c1ccccc1. The molecule has 7 heteroatoms. The molecule has 1 fully saturated rings. The van der Waals surface area contributed by atoms with Gasteiger partial charge in [-0.15, -0.1) is 16.8 Å². The number of allylic oxidation sites excluding steroid dienone is 1. The van der Waals surface area contributed by atoms with Gasteiger partial charge in [-0.1, -0.05) is 65.8 Å². The zero-order valence-corrected chi connectivity index (χ0v) is 18.3. The molecule has 1 heterocycles. The van der Waals surface area contributed by atoms with Crippen LogP contribution in [0, 0.1) is 6.92 Å². The van der Waals surface area contributed by atoms with Gasteiger partial charge < -0.3 is 9.88 Å². The number of nitrogens with one attached hydrogen (secondary N) is 1. The van der Waals surface area contributed by atoms with Crippen molar-refractivity contribution in [3.05, 3.63) is 83.2 Å². The maximum atomic E-state index is 12.5. The lowest BCUT2D eigenvalue weighted by Gasteiger charge is -2.10. The van der Waals surface area contributed by atoms with E-state index < -0.39 is 0 Å². The molecule has 3 aromatic rings. The highest BCUT2D eigenvalue weighted by atomic mass is 35.5. The van der Waals surface area contributed by atoms with Crippen LogP contribution >= 0.6 is 23.4 Å². The van der Waals surface area contributed by atoms with Crippen molar-refractivity contribution >= 4 is 35.0 Å². The van der Waals surface area contributed by atoms with Crippen molar-refractivity contribution in [2.75, 3.05) is 11.1 Å². The van der Waals surface area contributed by atoms with Gasteiger partial charge >= 0.3 is 0 Å². The maximum Gasteiger partial charge on any atom is 0.234 e. The molecule has 2 atom stereocenters. The molecule has 2 aromatic carbocycles. The molecule has 1 aromatic heterocycles. The molecule has 0 radical (unpaired) electrons. The van der Waals surface area contributed by atoms with Gasteiger partial charge in [-0.05, 0) is 42.5 Å². The van der Waals surface area contributed by atoms with Crippen molar-refractivity contribution in [3.63, 3.8) is 0 Å². The van der Waals surface area contributed by atoms with E-state index in [1.807, 2.05) is 31.2 Å². The van der Waals surface area contributed by atoms with E-state index in [0.29, 0.717) is 23.4 Å². The zero-order valence-electron chi connectivity index (χ0n) is 16.7. The van der Waals surface area contributed by atoms with Crippen LogP contribution in [-0.2, 0) is 11.3 Å². The predicted octanol–water partition coefficient (Wildman–Crippen LogP) is 5.43. The van der Waals surface area contributed by atoms with E-state index in [-0.39, 0.29) is 11.7 Å². The molecule has 154 valence electrons. The van der Waals surface area contributed by atoms with Gasteiger partial charge in [-0.25, -0.2) is 0 Å². The molecule has 0 saturated heterocycles. The molecular weight excluding hydrogens is 416 g/mol. The zero-order chi connectivity index (χ0) is 21.1. The van der Waals surface area contributed by atoms with Crippen LogP contribution in [0.5, 0.6) is 0 Å². The van der Waals surface area contributed by atoms with E-state index >= 15 is 0 Å². The van der Waals surface area contributed by atoms with Crippen LogP contribution in [0.1, 0.15) is 35.2 Å². The normalized spacial score (nSPS) is 17.5. The highest BCUT2D eigenvalue weighted by Crippen LogP contribution is 2.54. The second-order valence-electron chi connectivity index (χ2n) is 7.35. The molecule has 4 rings (SSSR count). The molecule has 2 unspecified atom stereocenters. The molecule has 5 nitrogen and oxygen atoms in total. The first kappa shape index (κ1) is 20.7. The summed E-state index contributed by atoms with van der Waals surface area (Å²) in [5.74, 6) is 1.95. The van der Waals surface area contributed by atoms with Crippen molar-refractivity contribution in [1.82, 2.24) is 14.8 Å². The molecular formula is C23H23ClN4OS. The average Bonchev–Trinajstić information content (AvgIpc) is 3.45. The number of hydrogen-bond acceptors (Lipinski definition) is 4. The van der Waals surface area contributed by atoms with Gasteiger partial charge in [-0.2, -0.15) is 0 Å². The molecule has 1 N–H and O–H groups in total. The minimum absolute atomic E-state index is 0.103. The molecule has 0 aliphatic heterocycles. The lowest BCUT2D eigenvalue weighted by atomic mass is 10.1. The van der Waals surface area contributed by atoms with Gasteiger partial charge in [0.2, 0.25) is 5.91 Å². The fourth-order valence-corrected chi connectivity index (χ4v) is 4.52. The molecule has 1 amide bonds. The first-order chi connectivity index (χ1) is 14.6. The van der Waals surface area contributed by atoms with Crippen LogP contribution in [0.15, 0.2) is 66.3 Å². The largest absolute Gasteiger partial charge is 0.325 e. The summed E-state index contributed by atoms with van der Waals surface area (Å²) in [5, 5.41) is 13.1. The van der Waals surface area contributed by atoms with E-state index in [1.165, 1.54) is 17.3 Å². The summed E-state index contributed by atoms with van der Waals surface area (Å²) in [7, 11) is 0. The van der Waals surface area contributed by atoms with Gasteiger partial charge in [0.15, 0.2) is 5.16 Å². The fourth-order valence-electron chi connectivity index (χ4n) is 3.59. The Labute approximate surface area is 185 Å². The number of carbonyl (C=O) groups is 1. The Morgan fingerprint density at radius 1 is 1.23 bits per heavy atom. The number of rotatable bonds is 8. The Kier molecular flexibility index (Phi) is 6.25. The third kappa shape index (κ3) is 4.45. The highest BCUT2D eigenvalue weighted by molar-refractivity contribution is 7.99. The van der Waals surface area contributed by atoms with E-state index in [9.17, 15) is 4.79 Å². The van der Waals surface area contributed by atoms with Gasteiger partial charge in [0.25, 0.3) is 0 Å². The molecule has 30 heavy (non-hydrogen) atoms. The summed E-state index contributed by atoms with van der Waals surface area (Å²) in [6.45, 7) is 6.37. The quantitative estimate of drug-likeness (QED) is 0.376. The lowest BCUT2D eigenvalue weighted by Crippen LogP contribution is -2.15. The van der Waals surface area contributed by atoms with Crippen molar-refractivity contribution in [2.24, 2.45) is 0 Å². The minimum Gasteiger partial charge on any atom is -0.325 e. The Morgan fingerprint density at radius 2 is 2.03 bits per heavy atom. The third-order valence-corrected chi connectivity index (χ3v) is 6.66. The second-order valence-corrected chi connectivity index (χ2v) is 8.70. The van der Waals surface area contributed by atoms with Crippen molar-refractivity contribution < 1.29 is 4.79 Å². The van der Waals surface area contributed by atoms with Crippen molar-refractivity contribution in [2.45, 2.75) is 36.9 Å². The van der Waals surface area contributed by atoms with Gasteiger partial charge in [0, 0.05) is 23.2 Å². The summed E-state index contributed by atoms with van der Waals surface area (Å²) < 4.78 is 2.07. The predicted molar refractivity (Wildman–Crippen MR) is 122 cm³/mol. The Morgan fingerprint density at radius 3 is 2.80 bits per heavy atom. The van der Waals surface area contributed by atoms with Gasteiger partial charge in [-0.3, -0.25) is 4.79 Å². The number of thioether (sulfide) groups is 1. The number of aromatic nitrogens is 3. The molecule has 0 bridgehead atoms. The first-order valence-electron chi connectivity index (χ1n) is 9.85. The van der Waals surface area contributed by atoms with E-state index in [0.717, 1.165) is 28.7 Å². The number of nitrogens with zero attached hydrogens (tertiary/aromatic N) is 3. The van der Waals surface area contributed by atoms with E-state index in [2.05, 4.69) is 50.9 Å². The summed E-state index contributed by atoms with van der Waals surface area (Å²) in [4.78, 5) is 12.5. The Bertz CT molecular complexity index is 1070. The second kappa shape index (κ2) is 9.06. The number of hydrogen-bond donors (Lipinski definition) is 1. The lowest BCUT2D eigenvalue weighted by molar-refractivity contribution is -0.113. The van der Waals surface area contributed by atoms with Gasteiger partial charge in [0.05, 0.1) is 5.75 Å². The molecule has 0 spiro atoms.